The molecule has 0 aromatic rings. The lowest BCUT2D eigenvalue weighted by atomic mass is 10.2. The van der Waals surface area contributed by atoms with Crippen LogP contribution in [0.2, 0.25) is 0 Å². The Balaban J connectivity index is 1.70. The Hall–Kier alpha value is -0.790. The van der Waals surface area contributed by atoms with Crippen LogP contribution in [0.1, 0.15) is 19.3 Å². The van der Waals surface area contributed by atoms with E-state index in [1.165, 1.54) is 0 Å². The minimum absolute atomic E-state index is 0.236. The van der Waals surface area contributed by atoms with Crippen LogP contribution in [0, 0.1) is 0 Å². The molecule has 2 aliphatic heterocycles. The Morgan fingerprint density at radius 2 is 1.90 bits per heavy atom. The molecule has 0 unspecified atom stereocenters. The maximum atomic E-state index is 12.3. The summed E-state index contributed by atoms with van der Waals surface area (Å²) in [5.74, 6) is 0.524. The van der Waals surface area contributed by atoms with E-state index in [2.05, 4.69) is 5.32 Å². The lowest BCUT2D eigenvalue weighted by molar-refractivity contribution is -0.128. The van der Waals surface area contributed by atoms with E-state index in [0.717, 1.165) is 52.0 Å². The van der Waals surface area contributed by atoms with E-state index in [-0.39, 0.29) is 11.8 Å². The van der Waals surface area contributed by atoms with Gasteiger partial charge in [-0.1, -0.05) is 0 Å². The number of nitrogens with one attached hydrogen (secondary N) is 1. The molecule has 0 aromatic carbocycles. The maximum Gasteiger partial charge on any atom is 0.232 e. The second-order valence-corrected chi connectivity index (χ2v) is 7.03. The molecule has 0 aromatic heterocycles. The molecule has 0 radical (unpaired) electrons. The van der Waals surface area contributed by atoms with Crippen molar-refractivity contribution in [3.05, 3.63) is 0 Å². The Labute approximate surface area is 130 Å². The Bertz CT molecular complexity index is 361. The van der Waals surface area contributed by atoms with E-state index < -0.39 is 0 Å². The van der Waals surface area contributed by atoms with Gasteiger partial charge in [-0.15, -0.1) is 11.8 Å². The zero-order valence-corrected chi connectivity index (χ0v) is 13.4. The van der Waals surface area contributed by atoms with Gasteiger partial charge in [0.1, 0.15) is 0 Å². The molecule has 2 saturated heterocycles. The molecule has 6 nitrogen and oxygen atoms in total. The van der Waals surface area contributed by atoms with Gasteiger partial charge in [-0.2, -0.15) is 0 Å². The van der Waals surface area contributed by atoms with Crippen LogP contribution in [0.5, 0.6) is 0 Å². The summed E-state index contributed by atoms with van der Waals surface area (Å²) in [7, 11) is 0. The lowest BCUT2D eigenvalue weighted by Crippen LogP contribution is -2.39. The first kappa shape index (κ1) is 16.6. The SMILES string of the molecule is NC(=O)CN1CCCN(C(=O)CSC2CCNCC2)CC1. The summed E-state index contributed by atoms with van der Waals surface area (Å²) in [4.78, 5) is 27.2. The van der Waals surface area contributed by atoms with Crippen LogP contribution < -0.4 is 11.1 Å². The molecule has 2 heterocycles. The van der Waals surface area contributed by atoms with Crippen LogP contribution in [0.3, 0.4) is 0 Å². The van der Waals surface area contributed by atoms with Crippen molar-refractivity contribution in [2.45, 2.75) is 24.5 Å². The summed E-state index contributed by atoms with van der Waals surface area (Å²) in [5.41, 5.74) is 5.23. The smallest absolute Gasteiger partial charge is 0.232 e. The minimum atomic E-state index is -0.295. The lowest BCUT2D eigenvalue weighted by Gasteiger charge is -2.24. The third-order valence-corrected chi connectivity index (χ3v) is 5.41. The molecule has 21 heavy (non-hydrogen) atoms. The van der Waals surface area contributed by atoms with Gasteiger partial charge >= 0.3 is 0 Å². The summed E-state index contributed by atoms with van der Waals surface area (Å²) in [6.07, 6.45) is 3.23. The number of piperidine rings is 1. The van der Waals surface area contributed by atoms with Crippen LogP contribution >= 0.6 is 11.8 Å². The Morgan fingerprint density at radius 3 is 2.62 bits per heavy atom. The monoisotopic (exact) mass is 314 g/mol. The predicted octanol–water partition coefficient (Wildman–Crippen LogP) is -0.509. The van der Waals surface area contributed by atoms with E-state index in [1.54, 1.807) is 11.8 Å². The van der Waals surface area contributed by atoms with E-state index >= 15 is 0 Å². The van der Waals surface area contributed by atoms with Gasteiger partial charge in [0, 0.05) is 31.4 Å². The van der Waals surface area contributed by atoms with Gasteiger partial charge in [-0.3, -0.25) is 14.5 Å². The average Bonchev–Trinajstić information content (AvgIpc) is 2.71. The van der Waals surface area contributed by atoms with Gasteiger partial charge < -0.3 is 16.0 Å². The first-order valence-electron chi connectivity index (χ1n) is 7.76. The number of amides is 2. The fourth-order valence-corrected chi connectivity index (χ4v) is 3.97. The summed E-state index contributed by atoms with van der Waals surface area (Å²) in [5, 5.41) is 3.96. The topological polar surface area (TPSA) is 78.7 Å². The second kappa shape index (κ2) is 8.60. The van der Waals surface area contributed by atoms with Crippen LogP contribution in [-0.4, -0.2) is 78.4 Å². The number of carbonyl (C=O) groups is 2. The fourth-order valence-electron chi connectivity index (χ4n) is 2.84. The van der Waals surface area contributed by atoms with Gasteiger partial charge in [0.05, 0.1) is 12.3 Å². The number of rotatable bonds is 5. The number of hydrogen-bond acceptors (Lipinski definition) is 5. The van der Waals surface area contributed by atoms with Crippen molar-refractivity contribution < 1.29 is 9.59 Å². The summed E-state index contributed by atoms with van der Waals surface area (Å²) < 4.78 is 0. The van der Waals surface area contributed by atoms with Crippen molar-refractivity contribution in [1.29, 1.82) is 0 Å². The zero-order valence-electron chi connectivity index (χ0n) is 12.6. The molecular formula is C14H26N4O2S. The third kappa shape index (κ3) is 5.84. The molecule has 2 aliphatic rings. The molecule has 0 spiro atoms. The molecule has 120 valence electrons. The maximum absolute atomic E-state index is 12.3. The number of primary amides is 1. The zero-order chi connectivity index (χ0) is 15.1. The van der Waals surface area contributed by atoms with Crippen molar-refractivity contribution in [3.8, 4) is 0 Å². The van der Waals surface area contributed by atoms with Crippen LogP contribution in [0.15, 0.2) is 0 Å². The first-order valence-corrected chi connectivity index (χ1v) is 8.81. The van der Waals surface area contributed by atoms with Crippen molar-refractivity contribution in [3.63, 3.8) is 0 Å². The molecule has 0 saturated carbocycles. The standard InChI is InChI=1S/C14H26N4O2S/c15-13(19)10-17-6-1-7-18(9-8-17)14(20)11-21-12-2-4-16-5-3-12/h12,16H,1-11H2,(H2,15,19). The molecule has 2 rings (SSSR count). The highest BCUT2D eigenvalue weighted by atomic mass is 32.2. The van der Waals surface area contributed by atoms with Gasteiger partial charge in [-0.25, -0.2) is 0 Å². The van der Waals surface area contributed by atoms with Gasteiger partial charge in [0.15, 0.2) is 0 Å². The molecule has 0 bridgehead atoms. The van der Waals surface area contributed by atoms with Gasteiger partial charge in [0.25, 0.3) is 0 Å². The second-order valence-electron chi connectivity index (χ2n) is 5.74. The number of hydrogen-bond donors (Lipinski definition) is 2. The van der Waals surface area contributed by atoms with Crippen molar-refractivity contribution in [2.24, 2.45) is 5.73 Å². The highest BCUT2D eigenvalue weighted by Crippen LogP contribution is 2.20. The third-order valence-electron chi connectivity index (χ3n) is 4.05. The van der Waals surface area contributed by atoms with E-state index in [9.17, 15) is 9.59 Å². The molecule has 2 amide bonds. The van der Waals surface area contributed by atoms with E-state index in [4.69, 9.17) is 5.73 Å². The Morgan fingerprint density at radius 1 is 1.14 bits per heavy atom. The number of nitrogens with two attached hydrogens (primary N) is 1. The fraction of sp³-hybridized carbons (Fsp3) is 0.857. The normalized spacial score (nSPS) is 22.0. The summed E-state index contributed by atoms with van der Waals surface area (Å²) in [6, 6.07) is 0. The number of thioether (sulfide) groups is 1. The average molecular weight is 314 g/mol. The largest absolute Gasteiger partial charge is 0.369 e. The van der Waals surface area contributed by atoms with Gasteiger partial charge in [0.2, 0.25) is 11.8 Å². The molecular weight excluding hydrogens is 288 g/mol. The molecule has 0 atom stereocenters. The molecule has 2 fully saturated rings. The van der Waals surface area contributed by atoms with Crippen molar-refractivity contribution in [2.75, 3.05) is 51.6 Å². The number of nitrogens with zero attached hydrogens (tertiary/aromatic N) is 2. The van der Waals surface area contributed by atoms with Gasteiger partial charge in [-0.05, 0) is 32.4 Å². The predicted molar refractivity (Wildman–Crippen MR) is 85.2 cm³/mol. The summed E-state index contributed by atoms with van der Waals surface area (Å²) in [6.45, 7) is 5.52. The highest BCUT2D eigenvalue weighted by Gasteiger charge is 2.21. The van der Waals surface area contributed by atoms with Crippen LogP contribution in [0.25, 0.3) is 0 Å². The highest BCUT2D eigenvalue weighted by molar-refractivity contribution is 8.00. The van der Waals surface area contributed by atoms with E-state index in [1.807, 2.05) is 9.80 Å². The molecule has 3 N–H and O–H groups in total. The van der Waals surface area contributed by atoms with E-state index in [0.29, 0.717) is 24.1 Å². The van der Waals surface area contributed by atoms with Crippen LogP contribution in [-0.2, 0) is 9.59 Å². The summed E-state index contributed by atoms with van der Waals surface area (Å²) >= 11 is 1.80. The Kier molecular flexibility index (Phi) is 6.79. The number of carbonyl (C=O) groups excluding carboxylic acids is 2. The van der Waals surface area contributed by atoms with Crippen molar-refractivity contribution in [1.82, 2.24) is 15.1 Å². The molecule has 7 heteroatoms. The quantitative estimate of drug-likeness (QED) is 0.715. The minimum Gasteiger partial charge on any atom is -0.369 e. The first-order chi connectivity index (χ1) is 10.1. The molecule has 0 aliphatic carbocycles. The van der Waals surface area contributed by atoms with Crippen molar-refractivity contribution >= 4 is 23.6 Å². The van der Waals surface area contributed by atoms with Crippen LogP contribution in [0.4, 0.5) is 0 Å².